The molecule has 19 heavy (non-hydrogen) atoms. The fourth-order valence-corrected chi connectivity index (χ4v) is 2.15. The number of amides is 3. The molecule has 0 bridgehead atoms. The number of aliphatic carboxylic acids is 1. The Balaban J connectivity index is 2.15. The molecule has 4 N–H and O–H groups in total. The zero-order valence-corrected chi connectivity index (χ0v) is 11.1. The third-order valence-electron chi connectivity index (χ3n) is 3.13. The van der Waals surface area contributed by atoms with Crippen LogP contribution in [0.2, 0.25) is 0 Å². The first-order chi connectivity index (χ1) is 9.02. The van der Waals surface area contributed by atoms with Crippen molar-refractivity contribution in [3.05, 3.63) is 0 Å². The zero-order valence-electron chi connectivity index (χ0n) is 11.1. The quantitative estimate of drug-likeness (QED) is 0.548. The summed E-state index contributed by atoms with van der Waals surface area (Å²) in [6, 6.07) is -0.439. The number of urea groups is 1. The topological polar surface area (TPSA) is 108 Å². The van der Waals surface area contributed by atoms with Gasteiger partial charge in [0.25, 0.3) is 0 Å². The summed E-state index contributed by atoms with van der Waals surface area (Å²) in [6.07, 6.45) is 1.99. The third kappa shape index (κ3) is 5.58. The molecule has 0 heterocycles. The molecule has 0 aromatic rings. The van der Waals surface area contributed by atoms with E-state index in [1.54, 1.807) is 0 Å². The van der Waals surface area contributed by atoms with Crippen LogP contribution in [0.1, 0.15) is 32.6 Å². The fourth-order valence-electron chi connectivity index (χ4n) is 2.15. The second-order valence-corrected chi connectivity index (χ2v) is 4.65. The lowest BCUT2D eigenvalue weighted by Gasteiger charge is -2.13. The lowest BCUT2D eigenvalue weighted by atomic mass is 10.1. The third-order valence-corrected chi connectivity index (χ3v) is 3.13. The predicted octanol–water partition coefficient (Wildman–Crippen LogP) is 0.0651. The molecule has 2 atom stereocenters. The minimum Gasteiger partial charge on any atom is -0.481 e. The molecule has 0 saturated heterocycles. The Morgan fingerprint density at radius 2 is 1.95 bits per heavy atom. The Bertz CT molecular complexity index is 346. The molecule has 7 nitrogen and oxygen atoms in total. The normalized spacial score (nSPS) is 21.7. The summed E-state index contributed by atoms with van der Waals surface area (Å²) in [5, 5.41) is 16.8. The van der Waals surface area contributed by atoms with E-state index in [4.69, 9.17) is 5.11 Å². The Morgan fingerprint density at radius 3 is 2.53 bits per heavy atom. The highest BCUT2D eigenvalue weighted by Crippen LogP contribution is 2.25. The van der Waals surface area contributed by atoms with Gasteiger partial charge in [0.2, 0.25) is 5.91 Å². The molecule has 0 spiro atoms. The maximum atomic E-state index is 11.5. The molecule has 1 aliphatic rings. The van der Waals surface area contributed by atoms with Crippen molar-refractivity contribution in [1.29, 1.82) is 0 Å². The SMILES string of the molecule is CCNC(=O)CCNC(=O)N[C@H]1CC[C@@H](C(=O)O)C1. The molecule has 1 fully saturated rings. The van der Waals surface area contributed by atoms with Crippen molar-refractivity contribution in [2.75, 3.05) is 13.1 Å². The first-order valence-corrected chi connectivity index (χ1v) is 6.56. The number of rotatable bonds is 6. The lowest BCUT2D eigenvalue weighted by molar-refractivity contribution is -0.141. The molecule has 0 radical (unpaired) electrons. The molecule has 3 amide bonds. The van der Waals surface area contributed by atoms with Gasteiger partial charge in [-0.2, -0.15) is 0 Å². The van der Waals surface area contributed by atoms with Crippen molar-refractivity contribution in [2.24, 2.45) is 5.92 Å². The van der Waals surface area contributed by atoms with E-state index in [1.165, 1.54) is 0 Å². The van der Waals surface area contributed by atoms with Crippen molar-refractivity contribution in [3.63, 3.8) is 0 Å². The van der Waals surface area contributed by atoms with Crippen LogP contribution in [0.5, 0.6) is 0 Å². The summed E-state index contributed by atoms with van der Waals surface area (Å²) in [5.41, 5.74) is 0. The Hall–Kier alpha value is -1.79. The average molecular weight is 271 g/mol. The van der Waals surface area contributed by atoms with Gasteiger partial charge in [-0.3, -0.25) is 9.59 Å². The molecule has 108 valence electrons. The maximum Gasteiger partial charge on any atom is 0.315 e. The molecule has 0 aromatic carbocycles. The molecular weight excluding hydrogens is 250 g/mol. The van der Waals surface area contributed by atoms with Gasteiger partial charge in [-0.15, -0.1) is 0 Å². The van der Waals surface area contributed by atoms with Crippen LogP contribution in [0, 0.1) is 5.92 Å². The smallest absolute Gasteiger partial charge is 0.315 e. The van der Waals surface area contributed by atoms with E-state index in [0.717, 1.165) is 0 Å². The van der Waals surface area contributed by atoms with Gasteiger partial charge in [-0.05, 0) is 26.2 Å². The summed E-state index contributed by atoms with van der Waals surface area (Å²) < 4.78 is 0. The monoisotopic (exact) mass is 271 g/mol. The Morgan fingerprint density at radius 1 is 1.21 bits per heavy atom. The van der Waals surface area contributed by atoms with Gasteiger partial charge in [0, 0.05) is 25.6 Å². The summed E-state index contributed by atoms with van der Waals surface area (Å²) in [7, 11) is 0. The Kier molecular flexibility index (Phi) is 6.11. The predicted molar refractivity (Wildman–Crippen MR) is 68.6 cm³/mol. The van der Waals surface area contributed by atoms with Crippen LogP contribution in [0.25, 0.3) is 0 Å². The van der Waals surface area contributed by atoms with Crippen molar-refractivity contribution in [2.45, 2.75) is 38.6 Å². The Labute approximate surface area is 112 Å². The molecule has 1 aliphatic carbocycles. The molecule has 0 aliphatic heterocycles. The first kappa shape index (κ1) is 15.3. The van der Waals surface area contributed by atoms with Crippen LogP contribution in [-0.2, 0) is 9.59 Å². The molecule has 1 rings (SSSR count). The van der Waals surface area contributed by atoms with Crippen LogP contribution in [0.3, 0.4) is 0 Å². The van der Waals surface area contributed by atoms with Gasteiger partial charge in [0.05, 0.1) is 5.92 Å². The molecule has 0 unspecified atom stereocenters. The second-order valence-electron chi connectivity index (χ2n) is 4.65. The van der Waals surface area contributed by atoms with Crippen molar-refractivity contribution >= 4 is 17.9 Å². The number of hydrogen-bond acceptors (Lipinski definition) is 3. The van der Waals surface area contributed by atoms with Gasteiger partial charge in [-0.1, -0.05) is 0 Å². The van der Waals surface area contributed by atoms with E-state index in [1.807, 2.05) is 6.92 Å². The van der Waals surface area contributed by atoms with Crippen molar-refractivity contribution < 1.29 is 19.5 Å². The molecule has 1 saturated carbocycles. The number of carbonyl (C=O) groups excluding carboxylic acids is 2. The van der Waals surface area contributed by atoms with E-state index < -0.39 is 5.97 Å². The second kappa shape index (κ2) is 7.60. The van der Waals surface area contributed by atoms with E-state index in [9.17, 15) is 14.4 Å². The average Bonchev–Trinajstić information content (AvgIpc) is 2.78. The maximum absolute atomic E-state index is 11.5. The van der Waals surface area contributed by atoms with Gasteiger partial charge >= 0.3 is 12.0 Å². The molecule has 0 aromatic heterocycles. The van der Waals surface area contributed by atoms with Gasteiger partial charge < -0.3 is 21.1 Å². The molecular formula is C12H21N3O4. The fraction of sp³-hybridized carbons (Fsp3) is 0.750. The van der Waals surface area contributed by atoms with Crippen molar-refractivity contribution in [1.82, 2.24) is 16.0 Å². The first-order valence-electron chi connectivity index (χ1n) is 6.56. The number of hydrogen-bond donors (Lipinski definition) is 4. The summed E-state index contributed by atoms with van der Waals surface area (Å²) in [5.74, 6) is -1.27. The van der Waals surface area contributed by atoms with Crippen LogP contribution in [-0.4, -0.2) is 42.1 Å². The van der Waals surface area contributed by atoms with Crippen molar-refractivity contribution in [3.8, 4) is 0 Å². The van der Waals surface area contributed by atoms with Gasteiger partial charge in [0.15, 0.2) is 0 Å². The number of carbonyl (C=O) groups is 3. The number of nitrogens with one attached hydrogen (secondary N) is 3. The van der Waals surface area contributed by atoms with Crippen LogP contribution in [0.15, 0.2) is 0 Å². The van der Waals surface area contributed by atoms with E-state index >= 15 is 0 Å². The minimum atomic E-state index is -0.805. The highest BCUT2D eigenvalue weighted by molar-refractivity contribution is 5.78. The van der Waals surface area contributed by atoms with Gasteiger partial charge in [-0.25, -0.2) is 4.79 Å². The van der Waals surface area contributed by atoms with Gasteiger partial charge in [0.1, 0.15) is 0 Å². The number of carboxylic acids is 1. The number of carboxylic acid groups (broad SMARTS) is 1. The largest absolute Gasteiger partial charge is 0.481 e. The molecule has 7 heteroatoms. The van der Waals surface area contributed by atoms with E-state index in [2.05, 4.69) is 16.0 Å². The van der Waals surface area contributed by atoms with Crippen LogP contribution < -0.4 is 16.0 Å². The lowest BCUT2D eigenvalue weighted by Crippen LogP contribution is -2.42. The van der Waals surface area contributed by atoms with E-state index in [0.29, 0.717) is 25.8 Å². The zero-order chi connectivity index (χ0) is 14.3. The summed E-state index contributed by atoms with van der Waals surface area (Å²) in [6.45, 7) is 2.67. The van der Waals surface area contributed by atoms with E-state index in [-0.39, 0.29) is 36.9 Å². The standard InChI is InChI=1S/C12H21N3O4/c1-2-13-10(16)5-6-14-12(19)15-9-4-3-8(7-9)11(17)18/h8-9H,2-7H2,1H3,(H,13,16)(H,17,18)(H2,14,15,19)/t8-,9+/m1/s1. The van der Waals surface area contributed by atoms with Crippen LogP contribution >= 0.6 is 0 Å². The highest BCUT2D eigenvalue weighted by atomic mass is 16.4. The minimum absolute atomic E-state index is 0.0921. The summed E-state index contributed by atoms with van der Waals surface area (Å²) in [4.78, 5) is 33.4. The van der Waals surface area contributed by atoms with Crippen LogP contribution in [0.4, 0.5) is 4.79 Å². The highest BCUT2D eigenvalue weighted by Gasteiger charge is 2.30. The summed E-state index contributed by atoms with van der Waals surface area (Å²) >= 11 is 0.